The van der Waals surface area contributed by atoms with Gasteiger partial charge in [-0.2, -0.15) is 0 Å². The molecule has 17 nitrogen and oxygen atoms in total. The molecule has 0 aliphatic heterocycles. The number of hydrogen-bond donors (Lipinski definition) is 3. The highest BCUT2D eigenvalue weighted by Gasteiger charge is 2.30. The van der Waals surface area contributed by atoms with E-state index in [0.717, 1.165) is 205 Å². The van der Waals surface area contributed by atoms with E-state index < -0.39 is 97.5 Å². The zero-order valence-corrected chi connectivity index (χ0v) is 66.0. The summed E-state index contributed by atoms with van der Waals surface area (Å²) in [6.45, 7) is 4.59. The van der Waals surface area contributed by atoms with Crippen LogP contribution < -0.4 is 0 Å². The standard InChI is InChI=1S/C83H144O17P2/c1-5-9-13-17-21-25-29-32-35-37-38-40-42-45-49-52-56-60-64-68-81(86)94-74-79(100-83(88)70-66-62-58-54-50-46-43-39-36-33-30-26-22-18-14-10-6-2)76-98-102(91,92)96-72-77(84)71-95-101(89,90)97-75-78(99-82(87)69-65-61-57-53-47-28-24-20-16-12-8-4)73-93-80(85)67-63-59-55-51-48-44-41-34-31-27-23-19-15-11-7-3/h9-10,13-14,20-22,24-26,32-36,38,40-41,77-79,84H,5-8,11-12,15-19,23,27-31,37,39,42-76H2,1-4H3,(H,89,90)(H,91,92)/b13-9-,14-10-,24-20-,25-21-,26-22-,35-32-,36-33-,40-38-,41-34-. The van der Waals surface area contributed by atoms with Crippen LogP contribution in [0.3, 0.4) is 0 Å². The number of aliphatic hydroxyl groups excluding tert-OH is 1. The molecule has 0 fully saturated rings. The molecular weight excluding hydrogens is 1330 g/mol. The van der Waals surface area contributed by atoms with E-state index in [2.05, 4.69) is 137 Å². The van der Waals surface area contributed by atoms with Crippen LogP contribution in [0.15, 0.2) is 109 Å². The first-order valence-electron chi connectivity index (χ1n) is 40.1. The second-order valence-corrected chi connectivity index (χ2v) is 29.5. The number of aliphatic hydroxyl groups is 1. The Morgan fingerprint density at radius 2 is 0.520 bits per heavy atom. The van der Waals surface area contributed by atoms with Crippen LogP contribution in [-0.4, -0.2) is 96.7 Å². The molecule has 0 aromatic carbocycles. The van der Waals surface area contributed by atoms with Gasteiger partial charge in [-0.3, -0.25) is 37.3 Å². The third kappa shape index (κ3) is 74.0. The molecule has 102 heavy (non-hydrogen) atoms. The van der Waals surface area contributed by atoms with Gasteiger partial charge in [0.1, 0.15) is 19.3 Å². The van der Waals surface area contributed by atoms with Crippen molar-refractivity contribution in [3.8, 4) is 0 Å². The molecule has 0 amide bonds. The molecule has 0 aliphatic carbocycles. The summed E-state index contributed by atoms with van der Waals surface area (Å²) in [5, 5.41) is 10.6. The highest BCUT2D eigenvalue weighted by Crippen LogP contribution is 2.45. The number of rotatable bonds is 75. The van der Waals surface area contributed by atoms with Gasteiger partial charge in [-0.15, -0.1) is 0 Å². The molecule has 0 aliphatic rings. The van der Waals surface area contributed by atoms with Crippen molar-refractivity contribution < 1.29 is 80.2 Å². The molecule has 0 heterocycles. The molecule has 588 valence electrons. The summed E-state index contributed by atoms with van der Waals surface area (Å²) in [6.07, 6.45) is 80.7. The van der Waals surface area contributed by atoms with Crippen LogP contribution in [0.1, 0.15) is 336 Å². The Kier molecular flexibility index (Phi) is 71.8. The zero-order chi connectivity index (χ0) is 74.6. The smallest absolute Gasteiger partial charge is 0.462 e. The average molecular weight is 1480 g/mol. The van der Waals surface area contributed by atoms with E-state index >= 15 is 0 Å². The number of ether oxygens (including phenoxy) is 4. The van der Waals surface area contributed by atoms with Gasteiger partial charge >= 0.3 is 39.5 Å². The number of hydrogen-bond acceptors (Lipinski definition) is 15. The van der Waals surface area contributed by atoms with E-state index in [1.807, 2.05) is 0 Å². The van der Waals surface area contributed by atoms with Crippen molar-refractivity contribution in [2.24, 2.45) is 0 Å². The van der Waals surface area contributed by atoms with E-state index in [1.54, 1.807) is 0 Å². The van der Waals surface area contributed by atoms with Crippen molar-refractivity contribution in [2.45, 2.75) is 354 Å². The van der Waals surface area contributed by atoms with Crippen molar-refractivity contribution >= 4 is 39.5 Å². The van der Waals surface area contributed by atoms with Crippen molar-refractivity contribution in [3.63, 3.8) is 0 Å². The summed E-state index contributed by atoms with van der Waals surface area (Å²) in [7, 11) is -9.96. The van der Waals surface area contributed by atoms with E-state index in [0.29, 0.717) is 25.7 Å². The first-order chi connectivity index (χ1) is 49.7. The maximum atomic E-state index is 13.1. The fourth-order valence-corrected chi connectivity index (χ4v) is 12.2. The first-order valence-corrected chi connectivity index (χ1v) is 43.1. The molecule has 19 heteroatoms. The van der Waals surface area contributed by atoms with Gasteiger partial charge in [-0.05, 0) is 141 Å². The molecule has 0 aromatic rings. The number of phosphoric ester groups is 2. The molecule has 0 spiro atoms. The minimum Gasteiger partial charge on any atom is -0.462 e. The Hall–Kier alpha value is -4.28. The second-order valence-electron chi connectivity index (χ2n) is 26.6. The third-order valence-electron chi connectivity index (χ3n) is 16.7. The van der Waals surface area contributed by atoms with Gasteiger partial charge in [0.2, 0.25) is 0 Å². The Labute approximate surface area is 619 Å². The molecule has 0 rings (SSSR count). The van der Waals surface area contributed by atoms with Crippen LogP contribution >= 0.6 is 15.6 Å². The van der Waals surface area contributed by atoms with Crippen LogP contribution in [0.4, 0.5) is 0 Å². The predicted molar refractivity (Wildman–Crippen MR) is 418 cm³/mol. The average Bonchev–Trinajstić information content (AvgIpc) is 0.921. The van der Waals surface area contributed by atoms with E-state index in [-0.39, 0.29) is 25.7 Å². The lowest BCUT2D eigenvalue weighted by atomic mass is 10.1. The molecule has 5 unspecified atom stereocenters. The normalized spacial score (nSPS) is 14.5. The van der Waals surface area contributed by atoms with E-state index in [4.69, 9.17) is 37.0 Å². The van der Waals surface area contributed by atoms with Crippen molar-refractivity contribution in [3.05, 3.63) is 109 Å². The summed E-state index contributed by atoms with van der Waals surface area (Å²) >= 11 is 0. The number of esters is 4. The molecule has 0 saturated carbocycles. The van der Waals surface area contributed by atoms with Crippen LogP contribution in [0.5, 0.6) is 0 Å². The summed E-state index contributed by atoms with van der Waals surface area (Å²) in [6, 6.07) is 0. The van der Waals surface area contributed by atoms with Crippen LogP contribution in [0.25, 0.3) is 0 Å². The highest BCUT2D eigenvalue weighted by atomic mass is 31.2. The van der Waals surface area contributed by atoms with Gasteiger partial charge in [0, 0.05) is 25.7 Å². The summed E-state index contributed by atoms with van der Waals surface area (Å²) in [5.41, 5.74) is 0. The molecule has 0 bridgehead atoms. The number of phosphoric acid groups is 2. The minimum absolute atomic E-state index is 0.0789. The third-order valence-corrected chi connectivity index (χ3v) is 18.6. The predicted octanol–water partition coefficient (Wildman–Crippen LogP) is 23.3. The minimum atomic E-state index is -4.98. The molecule has 5 atom stereocenters. The molecular formula is C83H144O17P2. The van der Waals surface area contributed by atoms with Gasteiger partial charge in [0.15, 0.2) is 12.2 Å². The van der Waals surface area contributed by atoms with Gasteiger partial charge in [-0.25, -0.2) is 9.13 Å². The Morgan fingerprint density at radius 1 is 0.284 bits per heavy atom. The fourth-order valence-electron chi connectivity index (χ4n) is 10.6. The van der Waals surface area contributed by atoms with Gasteiger partial charge < -0.3 is 33.8 Å². The number of carbonyl (C=O) groups excluding carboxylic acids is 4. The SMILES string of the molecule is CC/C=C\C/C=C\C/C=C\C/C=C\CCCCCCCCC(=O)OCC(COP(=O)(O)OCC(O)COP(=O)(O)OCC(COC(=O)CCCCCCC/C=C\CCCCCCCC)OC(=O)CCCCCCC/C=C\CCCC)OC(=O)CCCCCCCCC/C=C\C/C=C\C/C=C\CC. The summed E-state index contributed by atoms with van der Waals surface area (Å²) < 4.78 is 68.6. The Bertz CT molecular complexity index is 2360. The number of allylic oxidation sites excluding steroid dienone is 18. The maximum absolute atomic E-state index is 13.1. The fraction of sp³-hybridized carbons (Fsp3) is 0.735. The Balaban J connectivity index is 5.35. The Morgan fingerprint density at radius 3 is 0.824 bits per heavy atom. The summed E-state index contributed by atoms with van der Waals surface area (Å²) in [4.78, 5) is 73.0. The maximum Gasteiger partial charge on any atom is 0.472 e. The summed E-state index contributed by atoms with van der Waals surface area (Å²) in [5.74, 6) is -2.21. The number of carbonyl (C=O) groups is 4. The van der Waals surface area contributed by atoms with Crippen molar-refractivity contribution in [2.75, 3.05) is 39.6 Å². The molecule has 3 N–H and O–H groups in total. The molecule has 0 saturated heterocycles. The van der Waals surface area contributed by atoms with Gasteiger partial charge in [-0.1, -0.05) is 278 Å². The monoisotopic (exact) mass is 1470 g/mol. The first kappa shape index (κ1) is 97.7. The van der Waals surface area contributed by atoms with E-state index in [9.17, 15) is 43.2 Å². The lowest BCUT2D eigenvalue weighted by molar-refractivity contribution is -0.161. The van der Waals surface area contributed by atoms with Crippen LogP contribution in [0, 0.1) is 0 Å². The molecule has 0 aromatic heterocycles. The zero-order valence-electron chi connectivity index (χ0n) is 64.3. The highest BCUT2D eigenvalue weighted by molar-refractivity contribution is 7.47. The van der Waals surface area contributed by atoms with Gasteiger partial charge in [0.25, 0.3) is 0 Å². The lowest BCUT2D eigenvalue weighted by Gasteiger charge is -2.21. The van der Waals surface area contributed by atoms with Crippen LogP contribution in [-0.2, 0) is 65.4 Å². The topological polar surface area (TPSA) is 237 Å². The number of unbranched alkanes of at least 4 members (excludes halogenated alkanes) is 31. The van der Waals surface area contributed by atoms with Crippen molar-refractivity contribution in [1.29, 1.82) is 0 Å². The van der Waals surface area contributed by atoms with E-state index in [1.165, 1.54) is 51.4 Å². The van der Waals surface area contributed by atoms with Gasteiger partial charge in [0.05, 0.1) is 26.4 Å². The quantitative estimate of drug-likeness (QED) is 0.0169. The van der Waals surface area contributed by atoms with Crippen LogP contribution in [0.2, 0.25) is 0 Å². The van der Waals surface area contributed by atoms with Crippen molar-refractivity contribution in [1.82, 2.24) is 0 Å². The second kappa shape index (κ2) is 75.0. The molecule has 0 radical (unpaired) electrons. The lowest BCUT2D eigenvalue weighted by Crippen LogP contribution is -2.30. The largest absolute Gasteiger partial charge is 0.472 e.